The van der Waals surface area contributed by atoms with Crippen LogP contribution >= 0.6 is 0 Å². The normalized spacial score (nSPS) is 31.8. The fourth-order valence-corrected chi connectivity index (χ4v) is 9.15. The molecule has 0 spiro atoms. The van der Waals surface area contributed by atoms with Crippen LogP contribution in [0.1, 0.15) is 51.4 Å². The van der Waals surface area contributed by atoms with E-state index in [2.05, 4.69) is 10.6 Å². The van der Waals surface area contributed by atoms with E-state index in [0.717, 1.165) is 42.2 Å². The summed E-state index contributed by atoms with van der Waals surface area (Å²) in [4.78, 5) is 13.3. The number of carbonyl (C=O) groups is 1. The van der Waals surface area contributed by atoms with Crippen LogP contribution in [0.4, 0.5) is 4.79 Å². The predicted octanol–water partition coefficient (Wildman–Crippen LogP) is 5.02. The lowest BCUT2D eigenvalue weighted by molar-refractivity contribution is 0.196. The molecule has 0 radical (unpaired) electrons. The van der Waals surface area contributed by atoms with Crippen molar-refractivity contribution in [2.75, 3.05) is 19.6 Å². The van der Waals surface area contributed by atoms with E-state index >= 15 is 0 Å². The monoisotopic (exact) mass is 507 g/mol. The van der Waals surface area contributed by atoms with Gasteiger partial charge in [0, 0.05) is 25.2 Å². The van der Waals surface area contributed by atoms with Crippen LogP contribution in [0, 0.1) is 23.7 Å². The topological polar surface area (TPSA) is 78.5 Å². The number of nitrogens with zero attached hydrogens (tertiary/aromatic N) is 1. The highest BCUT2D eigenvalue weighted by Crippen LogP contribution is 2.55. The molecule has 2 amide bonds. The molecule has 3 aliphatic carbocycles. The zero-order valence-electron chi connectivity index (χ0n) is 20.9. The summed E-state index contributed by atoms with van der Waals surface area (Å²) in [5.41, 5.74) is 2.05. The van der Waals surface area contributed by atoms with Crippen LogP contribution in [0.25, 0.3) is 11.1 Å². The summed E-state index contributed by atoms with van der Waals surface area (Å²) in [7, 11) is -3.55. The van der Waals surface area contributed by atoms with Gasteiger partial charge in [-0.25, -0.2) is 13.2 Å². The molecule has 192 valence electrons. The lowest BCUT2D eigenvalue weighted by atomic mass is 9.79. The van der Waals surface area contributed by atoms with Crippen molar-refractivity contribution >= 4 is 16.1 Å². The number of nitrogens with one attached hydrogen (secondary N) is 2. The maximum Gasteiger partial charge on any atom is 0.315 e. The van der Waals surface area contributed by atoms with E-state index < -0.39 is 10.0 Å². The Bertz CT molecular complexity index is 1200. The molecule has 1 saturated heterocycles. The molecule has 4 unspecified atom stereocenters. The van der Waals surface area contributed by atoms with E-state index in [1.165, 1.54) is 32.1 Å². The van der Waals surface area contributed by atoms with Gasteiger partial charge in [-0.1, -0.05) is 55.3 Å². The fraction of sp³-hybridized carbons (Fsp3) is 0.552. The molecule has 4 fully saturated rings. The Morgan fingerprint density at radius 1 is 0.944 bits per heavy atom. The van der Waals surface area contributed by atoms with Crippen molar-refractivity contribution in [2.24, 2.45) is 23.7 Å². The summed E-state index contributed by atoms with van der Waals surface area (Å²) in [6, 6.07) is 17.0. The molecular formula is C29H37N3O3S. The summed E-state index contributed by atoms with van der Waals surface area (Å²) in [6.45, 7) is 1.45. The molecule has 5 atom stereocenters. The molecule has 6 nitrogen and oxygen atoms in total. The number of hydrogen-bond donors (Lipinski definition) is 2. The smallest absolute Gasteiger partial charge is 0.315 e. The van der Waals surface area contributed by atoms with Gasteiger partial charge in [-0.2, -0.15) is 4.31 Å². The highest BCUT2D eigenvalue weighted by Gasteiger charge is 2.52. The minimum absolute atomic E-state index is 0.0169. The van der Waals surface area contributed by atoms with Gasteiger partial charge < -0.3 is 10.6 Å². The average Bonchev–Trinajstić information content (AvgIpc) is 3.43. The fourth-order valence-electron chi connectivity index (χ4n) is 7.62. The molecule has 3 bridgehead atoms. The van der Waals surface area contributed by atoms with Crippen molar-refractivity contribution in [1.29, 1.82) is 0 Å². The van der Waals surface area contributed by atoms with E-state index in [-0.39, 0.29) is 17.5 Å². The molecule has 0 aromatic heterocycles. The lowest BCUT2D eigenvalue weighted by Crippen LogP contribution is -2.54. The van der Waals surface area contributed by atoms with Crippen molar-refractivity contribution in [3.05, 3.63) is 54.6 Å². The molecule has 1 heterocycles. The van der Waals surface area contributed by atoms with E-state index in [9.17, 15) is 13.2 Å². The van der Waals surface area contributed by atoms with E-state index in [1.54, 1.807) is 16.4 Å². The van der Waals surface area contributed by atoms with Crippen LogP contribution in [0.3, 0.4) is 0 Å². The quantitative estimate of drug-likeness (QED) is 0.576. The maximum absolute atomic E-state index is 13.2. The Hall–Kier alpha value is -2.38. The van der Waals surface area contributed by atoms with E-state index in [4.69, 9.17) is 0 Å². The van der Waals surface area contributed by atoms with Gasteiger partial charge in [0.25, 0.3) is 0 Å². The van der Waals surface area contributed by atoms with Gasteiger partial charge >= 0.3 is 6.03 Å². The summed E-state index contributed by atoms with van der Waals surface area (Å²) < 4.78 is 28.1. The van der Waals surface area contributed by atoms with E-state index in [1.807, 2.05) is 42.5 Å². The van der Waals surface area contributed by atoms with Gasteiger partial charge in [-0.05, 0) is 85.5 Å². The van der Waals surface area contributed by atoms with Gasteiger partial charge in [-0.15, -0.1) is 0 Å². The van der Waals surface area contributed by atoms with Gasteiger partial charge in [0.1, 0.15) is 0 Å². The molecule has 2 N–H and O–H groups in total. The van der Waals surface area contributed by atoms with Crippen molar-refractivity contribution in [1.82, 2.24) is 14.9 Å². The Labute approximate surface area is 214 Å². The first-order chi connectivity index (χ1) is 17.4. The third-order valence-corrected chi connectivity index (χ3v) is 11.2. The van der Waals surface area contributed by atoms with Crippen LogP contribution in [0.2, 0.25) is 0 Å². The highest BCUT2D eigenvalue weighted by molar-refractivity contribution is 7.89. The van der Waals surface area contributed by atoms with Crippen molar-refractivity contribution in [2.45, 2.75) is 61.8 Å². The Morgan fingerprint density at radius 2 is 1.69 bits per heavy atom. The SMILES string of the molecule is O=C(NCC1CCN(S(=O)(=O)c2ccc(-c3ccccc3)cc2)C1)NC12CCC[C@@H]3CC(CC1C3)C2. The minimum atomic E-state index is -3.55. The molecule has 3 saturated carbocycles. The number of sulfonamides is 1. The van der Waals surface area contributed by atoms with Gasteiger partial charge in [0.05, 0.1) is 4.90 Å². The molecule has 2 aromatic rings. The highest BCUT2D eigenvalue weighted by atomic mass is 32.2. The van der Waals surface area contributed by atoms with Crippen LogP contribution in [0.5, 0.6) is 0 Å². The molecule has 6 rings (SSSR count). The third-order valence-electron chi connectivity index (χ3n) is 9.33. The van der Waals surface area contributed by atoms with Crippen LogP contribution in [0.15, 0.2) is 59.5 Å². The molecule has 4 aliphatic rings. The largest absolute Gasteiger partial charge is 0.338 e. The first kappa shape index (κ1) is 24.0. The van der Waals surface area contributed by atoms with Gasteiger partial charge in [-0.3, -0.25) is 0 Å². The number of fused-ring (bicyclic) bond motifs is 2. The average molecular weight is 508 g/mol. The molecule has 2 aromatic carbocycles. The lowest BCUT2D eigenvalue weighted by Gasteiger charge is -2.35. The summed E-state index contributed by atoms with van der Waals surface area (Å²) in [5.74, 6) is 2.41. The Morgan fingerprint density at radius 3 is 2.50 bits per heavy atom. The number of amides is 2. The number of carbonyl (C=O) groups excluding carboxylic acids is 1. The van der Waals surface area contributed by atoms with Gasteiger partial charge in [0.15, 0.2) is 0 Å². The van der Waals surface area contributed by atoms with Crippen molar-refractivity contribution < 1.29 is 13.2 Å². The first-order valence-electron chi connectivity index (χ1n) is 13.6. The second-order valence-corrected chi connectivity index (χ2v) is 13.6. The second kappa shape index (κ2) is 9.49. The molecule has 1 aliphatic heterocycles. The number of rotatable bonds is 6. The third kappa shape index (κ3) is 4.56. The predicted molar refractivity (Wildman–Crippen MR) is 141 cm³/mol. The van der Waals surface area contributed by atoms with Crippen LogP contribution < -0.4 is 10.6 Å². The Kier molecular flexibility index (Phi) is 6.32. The molecular weight excluding hydrogens is 470 g/mol. The van der Waals surface area contributed by atoms with E-state index in [0.29, 0.717) is 30.4 Å². The zero-order chi connectivity index (χ0) is 24.8. The number of urea groups is 1. The molecule has 36 heavy (non-hydrogen) atoms. The standard InChI is InChI=1S/C29H37N3O3S/c33-28(31-29-13-4-5-21-15-23(18-29)17-26(29)16-21)30-19-22-12-14-32(20-22)36(34,35)27-10-8-25(9-11-27)24-6-2-1-3-7-24/h1-3,6-11,21-23,26H,4-5,12-20H2,(H2,30,31,33)/t21-,22?,23?,26?,29?/m1/s1. The second-order valence-electron chi connectivity index (χ2n) is 11.6. The maximum atomic E-state index is 13.2. The summed E-state index contributed by atoms with van der Waals surface area (Å²) in [5, 5.41) is 6.51. The summed E-state index contributed by atoms with van der Waals surface area (Å²) >= 11 is 0. The first-order valence-corrected chi connectivity index (χ1v) is 15.1. The summed E-state index contributed by atoms with van der Waals surface area (Å²) in [6.07, 6.45) is 9.45. The Balaban J connectivity index is 1.03. The van der Waals surface area contributed by atoms with Crippen LogP contribution in [-0.4, -0.2) is 43.9 Å². The number of hydrogen-bond acceptors (Lipinski definition) is 3. The van der Waals surface area contributed by atoms with Crippen molar-refractivity contribution in [3.8, 4) is 11.1 Å². The zero-order valence-corrected chi connectivity index (χ0v) is 21.7. The number of benzene rings is 2. The van der Waals surface area contributed by atoms with Crippen molar-refractivity contribution in [3.63, 3.8) is 0 Å². The van der Waals surface area contributed by atoms with Crippen LogP contribution in [-0.2, 0) is 10.0 Å². The minimum Gasteiger partial charge on any atom is -0.338 e. The van der Waals surface area contributed by atoms with Gasteiger partial charge in [0.2, 0.25) is 10.0 Å². The molecule has 7 heteroatoms.